The van der Waals surface area contributed by atoms with Gasteiger partial charge in [-0.15, -0.1) is 0 Å². The van der Waals surface area contributed by atoms with E-state index in [2.05, 4.69) is 47.7 Å². The summed E-state index contributed by atoms with van der Waals surface area (Å²) in [5.74, 6) is 0.419. The number of benzene rings is 3. The second kappa shape index (κ2) is 15.3. The van der Waals surface area contributed by atoms with Crippen molar-refractivity contribution in [1.82, 2.24) is 15.4 Å². The molecule has 266 valence electrons. The summed E-state index contributed by atoms with van der Waals surface area (Å²) in [6.45, 7) is 2.34. The van der Waals surface area contributed by atoms with Crippen molar-refractivity contribution < 1.29 is 28.7 Å². The number of hydroxylamine groups is 1. The van der Waals surface area contributed by atoms with Gasteiger partial charge in [-0.2, -0.15) is 5.48 Å². The maximum Gasteiger partial charge on any atom is 0.274 e. The van der Waals surface area contributed by atoms with Gasteiger partial charge in [0.1, 0.15) is 11.9 Å². The first-order valence-corrected chi connectivity index (χ1v) is 18.8. The first-order chi connectivity index (χ1) is 24.8. The number of ketones is 1. The maximum absolute atomic E-state index is 14.7. The summed E-state index contributed by atoms with van der Waals surface area (Å²) in [5, 5.41) is 0.489. The number of amides is 2. The van der Waals surface area contributed by atoms with E-state index in [1.165, 1.54) is 11.3 Å². The molecule has 10 heteroatoms. The number of aromatic nitrogens is 1. The van der Waals surface area contributed by atoms with Crippen molar-refractivity contribution in [2.24, 2.45) is 17.3 Å². The lowest BCUT2D eigenvalue weighted by atomic mass is 9.89. The molecule has 1 saturated carbocycles. The predicted molar refractivity (Wildman–Crippen MR) is 197 cm³/mol. The Labute approximate surface area is 302 Å². The number of fused-ring (bicyclic) bond motifs is 3. The molecule has 1 N–H and O–H groups in total. The smallest absolute Gasteiger partial charge is 0.274 e. The highest BCUT2D eigenvalue weighted by Crippen LogP contribution is 2.57. The van der Waals surface area contributed by atoms with Crippen LogP contribution < -0.4 is 19.8 Å². The van der Waals surface area contributed by atoms with Crippen molar-refractivity contribution in [1.29, 1.82) is 0 Å². The van der Waals surface area contributed by atoms with Crippen molar-refractivity contribution in [2.45, 2.75) is 76.9 Å². The normalized spacial score (nSPS) is 26.0. The standard InChI is InChI=1S/C41H45N3O6S/c1-27-12-11-13-28(20-27)21-29-14-7-4-3-5-8-15-30-24-41(30,39(47)43-50-31-16-9-6-10-17-31)25-36(45)35-22-33(26-44(35)38(29)46)49-40-42-34-19-18-32(48-2)23-37(34)51-40/h6,8-13,15-20,23,29-30,33,35H,3-5,7,14,21-22,24-26H2,1-2H3,(H,43,47)/b15-8-/t29-,30+,33-,35+,41-/m1/s1. The molecule has 2 fully saturated rings. The number of carbonyl (C=O) groups is 3. The molecule has 2 aliphatic heterocycles. The molecule has 0 bridgehead atoms. The Morgan fingerprint density at radius 3 is 2.71 bits per heavy atom. The first-order valence-electron chi connectivity index (χ1n) is 18.0. The first kappa shape index (κ1) is 34.7. The molecule has 3 heterocycles. The summed E-state index contributed by atoms with van der Waals surface area (Å²) in [4.78, 5) is 55.0. The highest BCUT2D eigenvalue weighted by Gasteiger charge is 2.61. The van der Waals surface area contributed by atoms with Crippen LogP contribution in [0.15, 0.2) is 84.9 Å². The van der Waals surface area contributed by atoms with E-state index in [4.69, 9.17) is 14.3 Å². The van der Waals surface area contributed by atoms with Crippen molar-refractivity contribution >= 4 is 39.2 Å². The SMILES string of the molecule is COc1ccc2nc(O[C@@H]3C[C@H]4C(=O)C[C@]5(C(=O)NOc6ccccc6)C[C@@H]5/C=C\CCCCC[C@H](Cc5cccc(C)c5)C(=O)N4C3)sc2c1. The Kier molecular flexibility index (Phi) is 10.4. The number of rotatable bonds is 8. The molecular formula is C41H45N3O6S. The maximum atomic E-state index is 14.7. The fraction of sp³-hybridized carbons (Fsp3) is 0.415. The number of hydrogen-bond donors (Lipinski definition) is 1. The average Bonchev–Trinajstić information content (AvgIpc) is 3.44. The molecule has 1 aliphatic carbocycles. The van der Waals surface area contributed by atoms with Crippen molar-refractivity contribution in [3.63, 3.8) is 0 Å². The van der Waals surface area contributed by atoms with E-state index in [1.807, 2.05) is 42.5 Å². The number of hydrogen-bond acceptors (Lipinski definition) is 8. The minimum Gasteiger partial charge on any atom is -0.497 e. The summed E-state index contributed by atoms with van der Waals surface area (Å²) in [6, 6.07) is 22.3. The number of Topliss-reactive ketones (excluding diaryl/α,β-unsaturated/α-hetero) is 1. The Bertz CT molecular complexity index is 1910. The Hall–Kier alpha value is -4.70. The molecule has 0 spiro atoms. The van der Waals surface area contributed by atoms with Gasteiger partial charge < -0.3 is 19.2 Å². The zero-order chi connectivity index (χ0) is 35.4. The number of aryl methyl sites for hydroxylation is 1. The minimum absolute atomic E-state index is 0.0106. The number of para-hydroxylation sites is 1. The van der Waals surface area contributed by atoms with Crippen molar-refractivity contribution in [2.75, 3.05) is 13.7 Å². The van der Waals surface area contributed by atoms with E-state index in [0.717, 1.165) is 59.2 Å². The van der Waals surface area contributed by atoms with Gasteiger partial charge in [0.2, 0.25) is 5.91 Å². The van der Waals surface area contributed by atoms with Crippen LogP contribution in [0.5, 0.6) is 16.7 Å². The molecule has 1 saturated heterocycles. The third kappa shape index (κ3) is 7.96. The minimum atomic E-state index is -0.941. The molecule has 2 amide bonds. The van der Waals surface area contributed by atoms with E-state index in [1.54, 1.807) is 24.1 Å². The molecule has 9 nitrogen and oxygen atoms in total. The molecule has 3 aliphatic rings. The molecule has 3 aromatic carbocycles. The molecule has 1 aromatic heterocycles. The second-order valence-electron chi connectivity index (χ2n) is 14.2. The van der Waals surface area contributed by atoms with Gasteiger partial charge in [0.15, 0.2) is 11.5 Å². The van der Waals surface area contributed by atoms with E-state index in [9.17, 15) is 14.4 Å². The summed E-state index contributed by atoms with van der Waals surface area (Å²) in [7, 11) is 1.63. The van der Waals surface area contributed by atoms with E-state index in [-0.39, 0.29) is 42.4 Å². The van der Waals surface area contributed by atoms with Gasteiger partial charge in [0.25, 0.3) is 11.1 Å². The number of carbonyl (C=O) groups excluding carboxylic acids is 3. The second-order valence-corrected chi connectivity index (χ2v) is 15.2. The largest absolute Gasteiger partial charge is 0.497 e. The molecule has 51 heavy (non-hydrogen) atoms. The zero-order valence-electron chi connectivity index (χ0n) is 29.2. The molecule has 7 rings (SSSR count). The summed E-state index contributed by atoms with van der Waals surface area (Å²) < 4.78 is 12.8. The van der Waals surface area contributed by atoms with Crippen LogP contribution in [0.1, 0.15) is 62.5 Å². The van der Waals surface area contributed by atoms with Crippen LogP contribution >= 0.6 is 11.3 Å². The van der Waals surface area contributed by atoms with Gasteiger partial charge in [0.05, 0.1) is 35.3 Å². The van der Waals surface area contributed by atoms with Gasteiger partial charge in [-0.05, 0) is 80.8 Å². The number of allylic oxidation sites excluding steroid dienone is 2. The molecule has 4 aromatic rings. The Morgan fingerprint density at radius 1 is 1.02 bits per heavy atom. The highest BCUT2D eigenvalue weighted by atomic mass is 32.1. The van der Waals surface area contributed by atoms with Crippen LogP contribution in [0.4, 0.5) is 0 Å². The lowest BCUT2D eigenvalue weighted by Crippen LogP contribution is -2.46. The van der Waals surface area contributed by atoms with E-state index < -0.39 is 17.6 Å². The third-order valence-electron chi connectivity index (χ3n) is 10.5. The Balaban J connectivity index is 1.16. The molecular weight excluding hydrogens is 663 g/mol. The number of methoxy groups -OCH3 is 1. The lowest BCUT2D eigenvalue weighted by molar-refractivity contribution is -0.143. The summed E-state index contributed by atoms with van der Waals surface area (Å²) >= 11 is 1.42. The number of nitrogens with zero attached hydrogens (tertiary/aromatic N) is 2. The van der Waals surface area contributed by atoms with Crippen LogP contribution in [-0.4, -0.2) is 53.3 Å². The third-order valence-corrected chi connectivity index (χ3v) is 11.5. The van der Waals surface area contributed by atoms with Crippen LogP contribution in [0, 0.1) is 24.2 Å². The average molecular weight is 708 g/mol. The highest BCUT2D eigenvalue weighted by molar-refractivity contribution is 7.20. The van der Waals surface area contributed by atoms with Crippen LogP contribution in [0.25, 0.3) is 10.2 Å². The van der Waals surface area contributed by atoms with Gasteiger partial charge in [-0.1, -0.05) is 84.4 Å². The van der Waals surface area contributed by atoms with Gasteiger partial charge in [-0.3, -0.25) is 14.4 Å². The van der Waals surface area contributed by atoms with Gasteiger partial charge in [-0.25, -0.2) is 4.98 Å². The van der Waals surface area contributed by atoms with Crippen LogP contribution in [0.3, 0.4) is 0 Å². The van der Waals surface area contributed by atoms with Gasteiger partial charge >= 0.3 is 0 Å². The fourth-order valence-corrected chi connectivity index (χ4v) is 8.56. The van der Waals surface area contributed by atoms with Crippen LogP contribution in [0.2, 0.25) is 0 Å². The van der Waals surface area contributed by atoms with Crippen molar-refractivity contribution in [3.05, 3.63) is 96.1 Å². The van der Waals surface area contributed by atoms with Crippen molar-refractivity contribution in [3.8, 4) is 16.7 Å². The fourth-order valence-electron chi connectivity index (χ4n) is 7.65. The molecule has 0 unspecified atom stereocenters. The number of thiazole rings is 1. The summed E-state index contributed by atoms with van der Waals surface area (Å²) in [6.07, 6.45) is 9.87. The zero-order valence-corrected chi connectivity index (χ0v) is 30.0. The Morgan fingerprint density at radius 2 is 1.88 bits per heavy atom. The molecule has 0 radical (unpaired) electrons. The lowest BCUT2D eigenvalue weighted by Gasteiger charge is -2.29. The monoisotopic (exact) mass is 707 g/mol. The quantitative estimate of drug-likeness (QED) is 0.150. The van der Waals surface area contributed by atoms with E-state index >= 15 is 0 Å². The van der Waals surface area contributed by atoms with Gasteiger partial charge in [0, 0.05) is 18.8 Å². The van der Waals surface area contributed by atoms with E-state index in [0.29, 0.717) is 30.2 Å². The van der Waals surface area contributed by atoms with Crippen LogP contribution in [-0.2, 0) is 20.8 Å². The summed E-state index contributed by atoms with van der Waals surface area (Å²) in [5.41, 5.74) is 4.76. The molecule has 5 atom stereocenters. The predicted octanol–water partition coefficient (Wildman–Crippen LogP) is 7.42. The number of nitrogens with one attached hydrogen (secondary N) is 1. The topological polar surface area (TPSA) is 107 Å². The number of ether oxygens (including phenoxy) is 2.